The fourth-order valence-electron chi connectivity index (χ4n) is 2.95. The second kappa shape index (κ2) is 5.85. The second-order valence-electron chi connectivity index (χ2n) is 6.36. The molecule has 3 aromatic rings. The Bertz CT molecular complexity index is 796. The zero-order chi connectivity index (χ0) is 15.7. The van der Waals surface area contributed by atoms with Gasteiger partial charge in [-0.2, -0.15) is 0 Å². The molecule has 0 amide bonds. The number of hydrogen-bond acceptors (Lipinski definition) is 2. The van der Waals surface area contributed by atoms with Crippen molar-refractivity contribution in [3.8, 4) is 11.3 Å². The normalized spacial score (nSPS) is 12.0. The molecule has 0 spiro atoms. The average Bonchev–Trinajstić information content (AvgIpc) is 3.01. The van der Waals surface area contributed by atoms with Crippen molar-refractivity contribution >= 4 is 21.6 Å². The minimum atomic E-state index is 0.243. The molecule has 1 nitrogen and oxygen atoms in total. The molecule has 0 saturated heterocycles. The first kappa shape index (κ1) is 15.2. The third-order valence-corrected chi connectivity index (χ3v) is 5.81. The van der Waals surface area contributed by atoms with Gasteiger partial charge in [-0.15, -0.1) is 11.3 Å². The van der Waals surface area contributed by atoms with Crippen molar-refractivity contribution in [2.75, 3.05) is 0 Å². The SMILES string of the molecule is CCC(C)(CC)c1cc(C)cc(-c2ccc3sccc3n2)c1. The number of aryl methyl sites for hydroxylation is 1. The van der Waals surface area contributed by atoms with E-state index in [0.29, 0.717) is 0 Å². The summed E-state index contributed by atoms with van der Waals surface area (Å²) in [7, 11) is 0. The van der Waals surface area contributed by atoms with Crippen LogP contribution in [0.3, 0.4) is 0 Å². The van der Waals surface area contributed by atoms with E-state index in [1.165, 1.54) is 21.4 Å². The maximum Gasteiger partial charge on any atom is 0.0817 e. The molecule has 0 bridgehead atoms. The first-order valence-corrected chi connectivity index (χ1v) is 8.90. The lowest BCUT2D eigenvalue weighted by Crippen LogP contribution is -2.19. The van der Waals surface area contributed by atoms with Crippen LogP contribution in [-0.2, 0) is 5.41 Å². The summed E-state index contributed by atoms with van der Waals surface area (Å²) < 4.78 is 1.25. The highest BCUT2D eigenvalue weighted by Gasteiger charge is 2.23. The summed E-state index contributed by atoms with van der Waals surface area (Å²) in [5.41, 5.74) is 6.39. The van der Waals surface area contributed by atoms with Gasteiger partial charge in [-0.3, -0.25) is 0 Å². The van der Waals surface area contributed by atoms with E-state index in [-0.39, 0.29) is 5.41 Å². The quantitative estimate of drug-likeness (QED) is 0.547. The molecule has 22 heavy (non-hydrogen) atoms. The van der Waals surface area contributed by atoms with Crippen molar-refractivity contribution in [3.05, 3.63) is 52.9 Å². The van der Waals surface area contributed by atoms with E-state index in [1.54, 1.807) is 11.3 Å². The number of pyridine rings is 1. The molecule has 2 heterocycles. The maximum absolute atomic E-state index is 4.83. The lowest BCUT2D eigenvalue weighted by Gasteiger charge is -2.28. The van der Waals surface area contributed by atoms with E-state index in [1.807, 2.05) is 0 Å². The standard InChI is InChI=1S/C20H23NS/c1-5-20(4,6-2)16-12-14(3)11-15(13-16)17-7-8-19-18(21-17)9-10-22-19/h7-13H,5-6H2,1-4H3. The zero-order valence-corrected chi connectivity index (χ0v) is 14.6. The molecule has 0 aliphatic rings. The largest absolute Gasteiger partial charge is 0.247 e. The van der Waals surface area contributed by atoms with Crippen LogP contribution in [0.1, 0.15) is 44.7 Å². The first-order chi connectivity index (χ1) is 10.6. The van der Waals surface area contributed by atoms with Crippen LogP contribution in [0.5, 0.6) is 0 Å². The van der Waals surface area contributed by atoms with E-state index in [9.17, 15) is 0 Å². The van der Waals surface area contributed by atoms with Gasteiger partial charge in [0.2, 0.25) is 0 Å². The molecular formula is C20H23NS. The molecule has 0 aliphatic heterocycles. The van der Waals surface area contributed by atoms with Crippen molar-refractivity contribution < 1.29 is 0 Å². The van der Waals surface area contributed by atoms with E-state index >= 15 is 0 Å². The number of hydrogen-bond donors (Lipinski definition) is 0. The number of rotatable bonds is 4. The van der Waals surface area contributed by atoms with Gasteiger partial charge in [0.25, 0.3) is 0 Å². The zero-order valence-electron chi connectivity index (χ0n) is 13.8. The van der Waals surface area contributed by atoms with Crippen molar-refractivity contribution in [1.82, 2.24) is 4.98 Å². The Kier molecular flexibility index (Phi) is 4.05. The topological polar surface area (TPSA) is 12.9 Å². The molecule has 2 heteroatoms. The van der Waals surface area contributed by atoms with E-state index in [0.717, 1.165) is 24.1 Å². The van der Waals surface area contributed by atoms with Gasteiger partial charge in [-0.25, -0.2) is 4.98 Å². The minimum absolute atomic E-state index is 0.243. The van der Waals surface area contributed by atoms with Crippen LogP contribution in [0.25, 0.3) is 21.5 Å². The summed E-state index contributed by atoms with van der Waals surface area (Å²) in [5.74, 6) is 0. The molecule has 3 rings (SSSR count). The Morgan fingerprint density at radius 3 is 2.55 bits per heavy atom. The molecule has 0 radical (unpaired) electrons. The minimum Gasteiger partial charge on any atom is -0.247 e. The van der Waals surface area contributed by atoms with Gasteiger partial charge in [-0.1, -0.05) is 32.4 Å². The van der Waals surface area contributed by atoms with Crippen LogP contribution in [-0.4, -0.2) is 4.98 Å². The van der Waals surface area contributed by atoms with E-state index in [4.69, 9.17) is 4.98 Å². The molecule has 0 unspecified atom stereocenters. The van der Waals surface area contributed by atoms with Gasteiger partial charge in [0.1, 0.15) is 0 Å². The maximum atomic E-state index is 4.83. The van der Waals surface area contributed by atoms with Crippen molar-refractivity contribution in [2.45, 2.75) is 46.0 Å². The Morgan fingerprint density at radius 2 is 1.82 bits per heavy atom. The Labute approximate surface area is 137 Å². The lowest BCUT2D eigenvalue weighted by atomic mass is 9.77. The van der Waals surface area contributed by atoms with Gasteiger partial charge in [0.05, 0.1) is 15.9 Å². The van der Waals surface area contributed by atoms with Crippen LogP contribution in [0.15, 0.2) is 41.8 Å². The van der Waals surface area contributed by atoms with Gasteiger partial charge < -0.3 is 0 Å². The molecule has 0 aliphatic carbocycles. The van der Waals surface area contributed by atoms with Crippen molar-refractivity contribution in [2.24, 2.45) is 0 Å². The number of benzene rings is 1. The number of thiophene rings is 1. The van der Waals surface area contributed by atoms with E-state index < -0.39 is 0 Å². The molecule has 0 fully saturated rings. The number of fused-ring (bicyclic) bond motifs is 1. The summed E-state index contributed by atoms with van der Waals surface area (Å²) in [6, 6.07) is 13.3. The summed E-state index contributed by atoms with van der Waals surface area (Å²) in [4.78, 5) is 4.83. The number of nitrogens with zero attached hydrogens (tertiary/aromatic N) is 1. The van der Waals surface area contributed by atoms with Gasteiger partial charge >= 0.3 is 0 Å². The van der Waals surface area contributed by atoms with Gasteiger partial charge in [-0.05, 0) is 66.5 Å². The monoisotopic (exact) mass is 309 g/mol. The third kappa shape index (κ3) is 2.68. The first-order valence-electron chi connectivity index (χ1n) is 8.02. The smallest absolute Gasteiger partial charge is 0.0817 e. The molecule has 114 valence electrons. The summed E-state index contributed by atoms with van der Waals surface area (Å²) in [6.45, 7) is 9.10. The Morgan fingerprint density at radius 1 is 1.05 bits per heavy atom. The fraction of sp³-hybridized carbons (Fsp3) is 0.350. The van der Waals surface area contributed by atoms with Gasteiger partial charge in [0.15, 0.2) is 0 Å². The fourth-order valence-corrected chi connectivity index (χ4v) is 3.68. The molecule has 0 saturated carbocycles. The average molecular weight is 309 g/mol. The molecule has 0 N–H and O–H groups in total. The van der Waals surface area contributed by atoms with Gasteiger partial charge in [0, 0.05) is 5.56 Å². The number of aromatic nitrogens is 1. The Balaban J connectivity index is 2.12. The van der Waals surface area contributed by atoms with Crippen molar-refractivity contribution in [1.29, 1.82) is 0 Å². The summed E-state index contributed by atoms with van der Waals surface area (Å²) in [6.07, 6.45) is 2.31. The molecule has 1 aromatic carbocycles. The summed E-state index contributed by atoms with van der Waals surface area (Å²) in [5, 5.41) is 2.11. The highest BCUT2D eigenvalue weighted by atomic mass is 32.1. The second-order valence-corrected chi connectivity index (χ2v) is 7.30. The summed E-state index contributed by atoms with van der Waals surface area (Å²) >= 11 is 1.75. The predicted octanol–water partition coefficient (Wildman–Crippen LogP) is 6.35. The molecule has 0 atom stereocenters. The lowest BCUT2D eigenvalue weighted by molar-refractivity contribution is 0.439. The van der Waals surface area contributed by atoms with Crippen LogP contribution >= 0.6 is 11.3 Å². The molecular weight excluding hydrogens is 286 g/mol. The highest BCUT2D eigenvalue weighted by molar-refractivity contribution is 7.17. The van der Waals surface area contributed by atoms with Crippen LogP contribution < -0.4 is 0 Å². The van der Waals surface area contributed by atoms with Crippen LogP contribution in [0.4, 0.5) is 0 Å². The van der Waals surface area contributed by atoms with Crippen LogP contribution in [0.2, 0.25) is 0 Å². The predicted molar refractivity (Wildman–Crippen MR) is 97.7 cm³/mol. The Hall–Kier alpha value is -1.67. The highest BCUT2D eigenvalue weighted by Crippen LogP contribution is 2.34. The van der Waals surface area contributed by atoms with Crippen LogP contribution in [0, 0.1) is 6.92 Å². The van der Waals surface area contributed by atoms with E-state index in [2.05, 4.69) is 69.5 Å². The van der Waals surface area contributed by atoms with Crippen molar-refractivity contribution in [3.63, 3.8) is 0 Å². The third-order valence-electron chi connectivity index (χ3n) is 4.94. The molecule has 2 aromatic heterocycles.